The minimum Gasteiger partial charge on any atom is -0.497 e. The molecule has 172 valence electrons. The van der Waals surface area contributed by atoms with Crippen LogP contribution in [0.15, 0.2) is 48.3 Å². The second-order valence-corrected chi connectivity index (χ2v) is 8.52. The fraction of sp³-hybridized carbons (Fsp3) is 0.360. The lowest BCUT2D eigenvalue weighted by atomic mass is 10.0. The van der Waals surface area contributed by atoms with E-state index in [0.717, 1.165) is 36.4 Å². The molecular formula is C25H29N5O3. The highest BCUT2D eigenvalue weighted by atomic mass is 16.5. The Bertz CT molecular complexity index is 1160. The average Bonchev–Trinajstić information content (AvgIpc) is 3.55. The van der Waals surface area contributed by atoms with Crippen LogP contribution in [0, 0.1) is 0 Å². The number of nitrogens with two attached hydrogens (primary N) is 1. The highest BCUT2D eigenvalue weighted by Crippen LogP contribution is 2.38. The SMILES string of the molecule is COc1cc(OC)cc(N2C(N)=C(c3nc4ccccc4[nH]3)C(=O)C2CCN2CCCC2)c1. The number of nitrogens with one attached hydrogen (secondary N) is 1. The van der Waals surface area contributed by atoms with Crippen molar-refractivity contribution in [1.82, 2.24) is 14.9 Å². The van der Waals surface area contributed by atoms with Gasteiger partial charge in [-0.05, 0) is 44.5 Å². The number of carbonyl (C=O) groups is 1. The molecule has 2 aliphatic rings. The summed E-state index contributed by atoms with van der Waals surface area (Å²) in [6.07, 6.45) is 3.09. The van der Waals surface area contributed by atoms with E-state index < -0.39 is 6.04 Å². The zero-order chi connectivity index (χ0) is 22.9. The van der Waals surface area contributed by atoms with E-state index in [9.17, 15) is 4.79 Å². The number of benzene rings is 2. The number of nitrogens with zero attached hydrogens (tertiary/aromatic N) is 3. The number of rotatable bonds is 7. The summed E-state index contributed by atoms with van der Waals surface area (Å²) in [5.74, 6) is 2.15. The summed E-state index contributed by atoms with van der Waals surface area (Å²) in [7, 11) is 3.22. The largest absolute Gasteiger partial charge is 0.497 e. The summed E-state index contributed by atoms with van der Waals surface area (Å²) < 4.78 is 10.9. The van der Waals surface area contributed by atoms with E-state index in [1.807, 2.05) is 41.3 Å². The van der Waals surface area contributed by atoms with Gasteiger partial charge < -0.3 is 30.0 Å². The predicted molar refractivity (Wildman–Crippen MR) is 128 cm³/mol. The van der Waals surface area contributed by atoms with E-state index >= 15 is 0 Å². The third-order valence-electron chi connectivity index (χ3n) is 6.53. The molecule has 2 aliphatic heterocycles. The number of fused-ring (bicyclic) bond motifs is 1. The van der Waals surface area contributed by atoms with Gasteiger partial charge in [-0.2, -0.15) is 0 Å². The molecule has 5 rings (SSSR count). The smallest absolute Gasteiger partial charge is 0.193 e. The molecule has 1 atom stereocenters. The number of Topliss-reactive ketones (excluding diaryl/α,β-unsaturated/α-hetero) is 1. The normalized spacial score (nSPS) is 19.2. The lowest BCUT2D eigenvalue weighted by molar-refractivity contribution is -0.114. The molecule has 1 fully saturated rings. The van der Waals surface area contributed by atoms with Crippen LogP contribution in [0.2, 0.25) is 0 Å². The number of carbonyl (C=O) groups excluding carboxylic acids is 1. The maximum Gasteiger partial charge on any atom is 0.193 e. The van der Waals surface area contributed by atoms with E-state index in [4.69, 9.17) is 15.2 Å². The summed E-state index contributed by atoms with van der Waals surface area (Å²) >= 11 is 0. The van der Waals surface area contributed by atoms with Crippen LogP contribution in [-0.2, 0) is 4.79 Å². The summed E-state index contributed by atoms with van der Waals surface area (Å²) in [6, 6.07) is 12.9. The van der Waals surface area contributed by atoms with Gasteiger partial charge in [0.05, 0.1) is 30.9 Å². The molecule has 0 radical (unpaired) electrons. The Labute approximate surface area is 193 Å². The second kappa shape index (κ2) is 8.78. The number of ether oxygens (including phenoxy) is 2. The maximum absolute atomic E-state index is 13.8. The van der Waals surface area contributed by atoms with Crippen LogP contribution in [0.3, 0.4) is 0 Å². The van der Waals surface area contributed by atoms with Crippen molar-refractivity contribution in [3.63, 3.8) is 0 Å². The van der Waals surface area contributed by atoms with E-state index in [-0.39, 0.29) is 5.78 Å². The number of anilines is 1. The number of imidazole rings is 1. The van der Waals surface area contributed by atoms with Gasteiger partial charge in [-0.1, -0.05) is 12.1 Å². The Hall–Kier alpha value is -3.52. The third-order valence-corrected chi connectivity index (χ3v) is 6.53. The van der Waals surface area contributed by atoms with Crippen molar-refractivity contribution < 1.29 is 14.3 Å². The van der Waals surface area contributed by atoms with Crippen molar-refractivity contribution in [3.8, 4) is 11.5 Å². The van der Waals surface area contributed by atoms with Crippen molar-refractivity contribution in [3.05, 3.63) is 54.1 Å². The molecule has 1 saturated heterocycles. The number of aromatic nitrogens is 2. The Balaban J connectivity index is 1.57. The number of likely N-dealkylation sites (tertiary alicyclic amines) is 1. The van der Waals surface area contributed by atoms with Gasteiger partial charge in [0, 0.05) is 24.7 Å². The summed E-state index contributed by atoms with van der Waals surface area (Å²) in [4.78, 5) is 26.0. The molecule has 1 unspecified atom stereocenters. The summed E-state index contributed by atoms with van der Waals surface area (Å²) in [5, 5.41) is 0. The van der Waals surface area contributed by atoms with Crippen LogP contribution in [0.1, 0.15) is 25.1 Å². The molecule has 3 aromatic rings. The minimum absolute atomic E-state index is 0.0208. The molecule has 0 amide bonds. The summed E-state index contributed by atoms with van der Waals surface area (Å²) in [5.41, 5.74) is 9.55. The molecule has 3 heterocycles. The first-order chi connectivity index (χ1) is 16.1. The Morgan fingerprint density at radius 3 is 2.45 bits per heavy atom. The Morgan fingerprint density at radius 1 is 1.09 bits per heavy atom. The fourth-order valence-electron chi connectivity index (χ4n) is 4.83. The third kappa shape index (κ3) is 3.91. The van der Waals surface area contributed by atoms with Crippen LogP contribution >= 0.6 is 0 Å². The molecule has 0 aliphatic carbocycles. The average molecular weight is 448 g/mol. The van der Waals surface area contributed by atoms with E-state index in [2.05, 4.69) is 14.9 Å². The number of hydrogen-bond acceptors (Lipinski definition) is 7. The van der Waals surface area contributed by atoms with Gasteiger partial charge in [0.2, 0.25) is 0 Å². The number of hydrogen-bond donors (Lipinski definition) is 2. The molecule has 0 saturated carbocycles. The van der Waals surface area contributed by atoms with Gasteiger partial charge >= 0.3 is 0 Å². The Kier molecular flexibility index (Phi) is 5.68. The van der Waals surface area contributed by atoms with Crippen molar-refractivity contribution in [2.24, 2.45) is 5.73 Å². The van der Waals surface area contributed by atoms with Crippen molar-refractivity contribution in [1.29, 1.82) is 0 Å². The monoisotopic (exact) mass is 447 g/mol. The molecule has 8 heteroatoms. The fourth-order valence-corrected chi connectivity index (χ4v) is 4.83. The zero-order valence-corrected chi connectivity index (χ0v) is 19.0. The number of para-hydroxylation sites is 2. The molecule has 1 aromatic heterocycles. The van der Waals surface area contributed by atoms with Crippen LogP contribution in [0.4, 0.5) is 5.69 Å². The lowest BCUT2D eigenvalue weighted by Crippen LogP contribution is -2.39. The van der Waals surface area contributed by atoms with Crippen molar-refractivity contribution >= 4 is 28.1 Å². The molecule has 33 heavy (non-hydrogen) atoms. The van der Waals surface area contributed by atoms with Crippen LogP contribution in [0.5, 0.6) is 11.5 Å². The van der Waals surface area contributed by atoms with Gasteiger partial charge in [0.15, 0.2) is 5.78 Å². The standard InChI is InChI=1S/C25H29N5O3/c1-32-17-13-16(14-18(15-17)33-2)30-21(9-12-29-10-5-6-11-29)23(31)22(24(30)26)25-27-19-7-3-4-8-20(19)28-25/h3-4,7-8,13-15,21H,5-6,9-12,26H2,1-2H3,(H,27,28). The van der Waals surface area contributed by atoms with Crippen LogP contribution in [0.25, 0.3) is 16.6 Å². The van der Waals surface area contributed by atoms with Gasteiger partial charge in [-0.15, -0.1) is 0 Å². The molecular weight excluding hydrogens is 418 g/mol. The minimum atomic E-state index is -0.425. The molecule has 2 aromatic carbocycles. The molecule has 0 bridgehead atoms. The first kappa shape index (κ1) is 21.3. The van der Waals surface area contributed by atoms with E-state index in [1.54, 1.807) is 20.3 Å². The predicted octanol–water partition coefficient (Wildman–Crippen LogP) is 3.15. The highest BCUT2D eigenvalue weighted by Gasteiger charge is 2.41. The zero-order valence-electron chi connectivity index (χ0n) is 19.0. The second-order valence-electron chi connectivity index (χ2n) is 8.52. The summed E-state index contributed by atoms with van der Waals surface area (Å²) in [6.45, 7) is 3.00. The topological polar surface area (TPSA) is 96.7 Å². The van der Waals surface area contributed by atoms with Gasteiger partial charge in [-0.3, -0.25) is 4.79 Å². The Morgan fingerprint density at radius 2 is 1.79 bits per heavy atom. The van der Waals surface area contributed by atoms with Crippen molar-refractivity contribution in [2.45, 2.75) is 25.3 Å². The van der Waals surface area contributed by atoms with Crippen LogP contribution < -0.4 is 20.1 Å². The highest BCUT2D eigenvalue weighted by molar-refractivity contribution is 6.27. The molecule has 3 N–H and O–H groups in total. The van der Waals surface area contributed by atoms with Gasteiger partial charge in [-0.25, -0.2) is 4.98 Å². The molecule has 0 spiro atoms. The number of methoxy groups -OCH3 is 2. The van der Waals surface area contributed by atoms with Gasteiger partial charge in [0.25, 0.3) is 0 Å². The number of aromatic amines is 1. The maximum atomic E-state index is 13.8. The number of ketones is 1. The molecule has 8 nitrogen and oxygen atoms in total. The number of H-pyrrole nitrogens is 1. The first-order valence-corrected chi connectivity index (χ1v) is 11.3. The van der Waals surface area contributed by atoms with E-state index in [0.29, 0.717) is 35.1 Å². The first-order valence-electron chi connectivity index (χ1n) is 11.3. The van der Waals surface area contributed by atoms with Crippen LogP contribution in [-0.4, -0.2) is 60.5 Å². The van der Waals surface area contributed by atoms with E-state index in [1.165, 1.54) is 12.8 Å². The quantitative estimate of drug-likeness (QED) is 0.574. The lowest BCUT2D eigenvalue weighted by Gasteiger charge is -2.29. The van der Waals surface area contributed by atoms with Gasteiger partial charge in [0.1, 0.15) is 34.8 Å². The van der Waals surface area contributed by atoms with Crippen molar-refractivity contribution in [2.75, 3.05) is 38.8 Å².